The van der Waals surface area contributed by atoms with Crippen molar-refractivity contribution in [2.45, 2.75) is 6.54 Å². The van der Waals surface area contributed by atoms with Gasteiger partial charge in [-0.1, -0.05) is 15.9 Å². The van der Waals surface area contributed by atoms with Gasteiger partial charge in [-0.25, -0.2) is 0 Å². The van der Waals surface area contributed by atoms with E-state index in [1.165, 1.54) is 0 Å². The van der Waals surface area contributed by atoms with Crippen molar-refractivity contribution in [2.24, 2.45) is 0 Å². The van der Waals surface area contributed by atoms with Crippen LogP contribution in [0.3, 0.4) is 0 Å². The lowest BCUT2D eigenvalue weighted by Gasteiger charge is -2.29. The van der Waals surface area contributed by atoms with Gasteiger partial charge in [-0.05, 0) is 25.2 Å². The summed E-state index contributed by atoms with van der Waals surface area (Å²) in [5.41, 5.74) is 0.970. The molecule has 5 heteroatoms. The second kappa shape index (κ2) is 7.24. The predicted octanol–water partition coefficient (Wildman–Crippen LogP) is 1.49. The molecule has 4 nitrogen and oxygen atoms in total. The highest BCUT2D eigenvalue weighted by Crippen LogP contribution is 2.22. The van der Waals surface area contributed by atoms with E-state index in [1.807, 2.05) is 12.1 Å². The van der Waals surface area contributed by atoms with Gasteiger partial charge in [0, 0.05) is 55.8 Å². The molecular formula is C14H22BrN3O. The first-order valence-corrected chi connectivity index (χ1v) is 7.53. The van der Waals surface area contributed by atoms with Crippen LogP contribution in [0.15, 0.2) is 22.7 Å². The Morgan fingerprint density at radius 3 is 2.84 bits per heavy atom. The molecule has 1 aliphatic heterocycles. The number of nitrogens with zero attached hydrogens (tertiary/aromatic N) is 2. The van der Waals surface area contributed by atoms with Crippen LogP contribution >= 0.6 is 15.9 Å². The van der Waals surface area contributed by atoms with E-state index in [0.717, 1.165) is 55.8 Å². The van der Waals surface area contributed by atoms with E-state index in [2.05, 4.69) is 38.1 Å². The van der Waals surface area contributed by atoms with Crippen molar-refractivity contribution in [2.75, 3.05) is 46.3 Å². The van der Waals surface area contributed by atoms with Gasteiger partial charge in [-0.15, -0.1) is 0 Å². The molecule has 1 heterocycles. The molecule has 0 spiro atoms. The number of nitrogens with one attached hydrogen (secondary N) is 1. The highest BCUT2D eigenvalue weighted by Gasteiger charge is 2.11. The minimum absolute atomic E-state index is 0.372. The van der Waals surface area contributed by atoms with Crippen LogP contribution in [0.5, 0.6) is 5.75 Å². The number of aromatic hydroxyl groups is 1. The Balaban J connectivity index is 1.80. The highest BCUT2D eigenvalue weighted by atomic mass is 79.9. The van der Waals surface area contributed by atoms with Gasteiger partial charge in [0.2, 0.25) is 0 Å². The van der Waals surface area contributed by atoms with Crippen LogP contribution in [-0.2, 0) is 6.54 Å². The summed E-state index contributed by atoms with van der Waals surface area (Å²) in [6, 6.07) is 5.58. The monoisotopic (exact) mass is 327 g/mol. The molecule has 1 aliphatic rings. The van der Waals surface area contributed by atoms with Gasteiger partial charge in [0.25, 0.3) is 0 Å². The van der Waals surface area contributed by atoms with E-state index in [4.69, 9.17) is 0 Å². The molecule has 2 rings (SSSR count). The minimum Gasteiger partial charge on any atom is -0.508 e. The van der Waals surface area contributed by atoms with Crippen molar-refractivity contribution in [3.05, 3.63) is 28.2 Å². The summed E-state index contributed by atoms with van der Waals surface area (Å²) >= 11 is 3.44. The van der Waals surface area contributed by atoms with Gasteiger partial charge in [-0.3, -0.25) is 4.90 Å². The van der Waals surface area contributed by atoms with Gasteiger partial charge in [0.05, 0.1) is 0 Å². The van der Waals surface area contributed by atoms with Crippen LogP contribution in [0.1, 0.15) is 5.56 Å². The topological polar surface area (TPSA) is 38.7 Å². The number of piperazine rings is 1. The van der Waals surface area contributed by atoms with Crippen LogP contribution in [-0.4, -0.2) is 61.2 Å². The molecule has 0 radical (unpaired) electrons. The molecule has 0 bridgehead atoms. The number of hydrogen-bond acceptors (Lipinski definition) is 4. The van der Waals surface area contributed by atoms with E-state index in [1.54, 1.807) is 6.07 Å². The third-order valence-corrected chi connectivity index (χ3v) is 3.98. The summed E-state index contributed by atoms with van der Waals surface area (Å²) in [6.45, 7) is 7.34. The number of hydrogen-bond donors (Lipinski definition) is 2. The number of phenols is 1. The Hall–Kier alpha value is -0.620. The van der Waals surface area contributed by atoms with Gasteiger partial charge >= 0.3 is 0 Å². The molecule has 0 aromatic heterocycles. The third-order valence-electron chi connectivity index (χ3n) is 3.49. The lowest BCUT2D eigenvalue weighted by Crippen LogP contribution is -2.45. The normalized spacial score (nSPS) is 17.0. The zero-order chi connectivity index (χ0) is 13.7. The average molecular weight is 328 g/mol. The van der Waals surface area contributed by atoms with Crippen LogP contribution in [0.2, 0.25) is 0 Å². The average Bonchev–Trinajstić information content (AvgIpc) is 2.42. The van der Waals surface area contributed by atoms with E-state index >= 15 is 0 Å². The quantitative estimate of drug-likeness (QED) is 0.859. The molecule has 1 fully saturated rings. The second-order valence-corrected chi connectivity index (χ2v) is 6.02. The van der Waals surface area contributed by atoms with E-state index in [9.17, 15) is 5.11 Å². The maximum Gasteiger partial charge on any atom is 0.120 e. The summed E-state index contributed by atoms with van der Waals surface area (Å²) in [5.74, 6) is 0.372. The van der Waals surface area contributed by atoms with Crippen molar-refractivity contribution in [3.63, 3.8) is 0 Å². The van der Waals surface area contributed by atoms with Crippen molar-refractivity contribution in [1.29, 1.82) is 0 Å². The smallest absolute Gasteiger partial charge is 0.120 e. The van der Waals surface area contributed by atoms with Crippen LogP contribution in [0.4, 0.5) is 0 Å². The molecule has 1 aromatic carbocycles. The molecule has 19 heavy (non-hydrogen) atoms. The van der Waals surface area contributed by atoms with Gasteiger partial charge in [0.1, 0.15) is 5.75 Å². The van der Waals surface area contributed by atoms with Crippen molar-refractivity contribution < 1.29 is 5.11 Å². The van der Waals surface area contributed by atoms with Crippen LogP contribution < -0.4 is 5.32 Å². The van der Waals surface area contributed by atoms with E-state index in [-0.39, 0.29) is 0 Å². The number of phenolic OH excluding ortho intramolecular Hbond substituents is 1. The number of halogens is 1. The Morgan fingerprint density at radius 1 is 1.37 bits per heavy atom. The Morgan fingerprint density at radius 2 is 2.11 bits per heavy atom. The molecule has 106 valence electrons. The lowest BCUT2D eigenvalue weighted by molar-refractivity contribution is 0.201. The zero-order valence-corrected chi connectivity index (χ0v) is 13.0. The molecule has 2 N–H and O–H groups in total. The molecule has 0 aliphatic carbocycles. The Bertz CT molecular complexity index is 408. The van der Waals surface area contributed by atoms with Gasteiger partial charge in [-0.2, -0.15) is 0 Å². The van der Waals surface area contributed by atoms with Crippen LogP contribution in [0, 0.1) is 0 Å². The maximum atomic E-state index is 9.83. The van der Waals surface area contributed by atoms with Crippen molar-refractivity contribution >= 4 is 15.9 Å². The fourth-order valence-corrected chi connectivity index (χ4v) is 2.71. The van der Waals surface area contributed by atoms with Crippen molar-refractivity contribution in [3.8, 4) is 5.75 Å². The standard InChI is InChI=1S/C14H22BrN3O/c1-17(8-9-18-6-4-16-5-7-18)11-12-10-13(15)2-3-14(12)19/h2-3,10,16,19H,4-9,11H2,1H3. The molecule has 0 atom stereocenters. The Kier molecular flexibility index (Phi) is 5.63. The molecule has 0 saturated carbocycles. The molecule has 0 amide bonds. The number of benzene rings is 1. The summed E-state index contributed by atoms with van der Waals surface area (Å²) in [5, 5.41) is 13.2. The summed E-state index contributed by atoms with van der Waals surface area (Å²) in [4.78, 5) is 4.73. The fraction of sp³-hybridized carbons (Fsp3) is 0.571. The highest BCUT2D eigenvalue weighted by molar-refractivity contribution is 9.10. The van der Waals surface area contributed by atoms with E-state index in [0.29, 0.717) is 5.75 Å². The first-order chi connectivity index (χ1) is 9.15. The first-order valence-electron chi connectivity index (χ1n) is 6.74. The third kappa shape index (κ3) is 4.76. The molecule has 1 aromatic rings. The molecular weight excluding hydrogens is 306 g/mol. The summed E-state index contributed by atoms with van der Waals surface area (Å²) in [7, 11) is 2.10. The van der Waals surface area contributed by atoms with Crippen molar-refractivity contribution in [1.82, 2.24) is 15.1 Å². The zero-order valence-electron chi connectivity index (χ0n) is 11.4. The maximum absolute atomic E-state index is 9.83. The SMILES string of the molecule is CN(CCN1CCNCC1)Cc1cc(Br)ccc1O. The second-order valence-electron chi connectivity index (χ2n) is 5.10. The van der Waals surface area contributed by atoms with Gasteiger partial charge < -0.3 is 15.3 Å². The van der Waals surface area contributed by atoms with E-state index < -0.39 is 0 Å². The molecule has 1 saturated heterocycles. The summed E-state index contributed by atoms with van der Waals surface area (Å²) < 4.78 is 1.01. The lowest BCUT2D eigenvalue weighted by atomic mass is 10.2. The van der Waals surface area contributed by atoms with Gasteiger partial charge in [0.15, 0.2) is 0 Å². The first kappa shape index (κ1) is 14.8. The number of rotatable bonds is 5. The fourth-order valence-electron chi connectivity index (χ4n) is 2.30. The predicted molar refractivity (Wildman–Crippen MR) is 81.5 cm³/mol. The Labute approximate surface area is 123 Å². The number of likely N-dealkylation sites (N-methyl/N-ethyl adjacent to an activating group) is 1. The molecule has 0 unspecified atom stereocenters. The minimum atomic E-state index is 0.372. The summed E-state index contributed by atoms with van der Waals surface area (Å²) in [6.07, 6.45) is 0. The largest absolute Gasteiger partial charge is 0.508 e. The van der Waals surface area contributed by atoms with Crippen LogP contribution in [0.25, 0.3) is 0 Å².